The number of fused-ring (bicyclic) bond motifs is 5. The Morgan fingerprint density at radius 1 is 1.07 bits per heavy atom. The zero-order valence-electron chi connectivity index (χ0n) is 17.2. The van der Waals surface area contributed by atoms with E-state index < -0.39 is 5.60 Å². The molecule has 7 atom stereocenters. The van der Waals surface area contributed by atoms with Gasteiger partial charge in [-0.25, -0.2) is 0 Å². The number of allylic oxidation sites excluding steroid dienone is 1. The van der Waals surface area contributed by atoms with Crippen LogP contribution in [0.15, 0.2) is 11.6 Å². The van der Waals surface area contributed by atoms with Gasteiger partial charge in [0, 0.05) is 12.3 Å². The minimum atomic E-state index is -0.942. The fraction of sp³-hybridized carbons (Fsp3) is 0.826. The molecule has 0 saturated heterocycles. The van der Waals surface area contributed by atoms with Crippen LogP contribution < -0.4 is 0 Å². The molecule has 0 aromatic carbocycles. The smallest absolute Gasteiger partial charge is 0.303 e. The predicted molar refractivity (Wildman–Crippen MR) is 103 cm³/mol. The second-order valence-corrected chi connectivity index (χ2v) is 10.1. The van der Waals surface area contributed by atoms with E-state index in [-0.39, 0.29) is 28.7 Å². The number of rotatable bonds is 2. The lowest BCUT2D eigenvalue weighted by Crippen LogP contribution is -2.58. The SMILES string of the molecule is CC(=O)O[C@@]1(C(C)=O)CC[C@@H]2[C@H]3CC=C4CC(O)CC[C@@]4(C)[C@@H]3CC[C@]21C. The van der Waals surface area contributed by atoms with E-state index in [1.807, 2.05) is 0 Å². The van der Waals surface area contributed by atoms with Gasteiger partial charge in [0.2, 0.25) is 0 Å². The van der Waals surface area contributed by atoms with Gasteiger partial charge in [-0.1, -0.05) is 25.5 Å². The third kappa shape index (κ3) is 2.51. The van der Waals surface area contributed by atoms with Gasteiger partial charge in [0.25, 0.3) is 0 Å². The van der Waals surface area contributed by atoms with Crippen molar-refractivity contribution in [3.63, 3.8) is 0 Å². The molecule has 1 unspecified atom stereocenters. The summed E-state index contributed by atoms with van der Waals surface area (Å²) in [5, 5.41) is 10.1. The van der Waals surface area contributed by atoms with E-state index in [4.69, 9.17) is 4.74 Å². The number of carbonyl (C=O) groups is 2. The molecule has 0 spiro atoms. The Labute approximate surface area is 162 Å². The third-order valence-corrected chi connectivity index (χ3v) is 9.08. The lowest BCUT2D eigenvalue weighted by Gasteiger charge is -2.59. The lowest BCUT2D eigenvalue weighted by molar-refractivity contribution is -0.186. The molecule has 150 valence electrons. The minimum Gasteiger partial charge on any atom is -0.451 e. The van der Waals surface area contributed by atoms with Crippen LogP contribution in [0.4, 0.5) is 0 Å². The second kappa shape index (κ2) is 6.17. The molecule has 4 aliphatic carbocycles. The molecule has 0 aromatic rings. The Balaban J connectivity index is 1.70. The summed E-state index contributed by atoms with van der Waals surface area (Å²) in [6.45, 7) is 7.64. The van der Waals surface area contributed by atoms with E-state index in [0.717, 1.165) is 44.9 Å². The van der Waals surface area contributed by atoms with Gasteiger partial charge >= 0.3 is 5.97 Å². The Kier molecular flexibility index (Phi) is 4.38. The van der Waals surface area contributed by atoms with E-state index >= 15 is 0 Å². The topological polar surface area (TPSA) is 63.6 Å². The van der Waals surface area contributed by atoms with Crippen molar-refractivity contribution in [2.24, 2.45) is 28.6 Å². The summed E-state index contributed by atoms with van der Waals surface area (Å²) in [6.07, 6.45) is 9.68. The van der Waals surface area contributed by atoms with Crippen LogP contribution in [0, 0.1) is 28.6 Å². The highest BCUT2D eigenvalue weighted by Crippen LogP contribution is 2.68. The van der Waals surface area contributed by atoms with Crippen LogP contribution in [0.25, 0.3) is 0 Å². The van der Waals surface area contributed by atoms with E-state index in [1.54, 1.807) is 6.92 Å². The Morgan fingerprint density at radius 2 is 1.78 bits per heavy atom. The lowest BCUT2D eigenvalue weighted by atomic mass is 9.46. The normalized spacial score (nSPS) is 48.7. The maximum Gasteiger partial charge on any atom is 0.303 e. The van der Waals surface area contributed by atoms with Crippen molar-refractivity contribution in [2.45, 2.75) is 90.8 Å². The summed E-state index contributed by atoms with van der Waals surface area (Å²) in [7, 11) is 0. The van der Waals surface area contributed by atoms with Crippen molar-refractivity contribution >= 4 is 11.8 Å². The summed E-state index contributed by atoms with van der Waals surface area (Å²) in [5.41, 5.74) is 0.442. The van der Waals surface area contributed by atoms with Crippen LogP contribution >= 0.6 is 0 Å². The van der Waals surface area contributed by atoms with Gasteiger partial charge in [0.05, 0.1) is 6.10 Å². The van der Waals surface area contributed by atoms with Crippen molar-refractivity contribution in [3.05, 3.63) is 11.6 Å². The quantitative estimate of drug-likeness (QED) is 0.581. The maximum absolute atomic E-state index is 12.7. The maximum atomic E-state index is 12.7. The van der Waals surface area contributed by atoms with Crippen LogP contribution in [0.3, 0.4) is 0 Å². The van der Waals surface area contributed by atoms with Crippen molar-refractivity contribution < 1.29 is 19.4 Å². The number of ketones is 1. The van der Waals surface area contributed by atoms with Gasteiger partial charge in [-0.15, -0.1) is 0 Å². The molecule has 4 nitrogen and oxygen atoms in total. The molecular weight excluding hydrogens is 340 g/mol. The molecule has 3 saturated carbocycles. The molecule has 0 amide bonds. The number of ether oxygens (including phenoxy) is 1. The molecule has 4 heteroatoms. The number of hydrogen-bond donors (Lipinski definition) is 1. The van der Waals surface area contributed by atoms with Gasteiger partial charge in [-0.2, -0.15) is 0 Å². The Morgan fingerprint density at radius 3 is 2.44 bits per heavy atom. The number of carbonyl (C=O) groups excluding carboxylic acids is 2. The zero-order valence-corrected chi connectivity index (χ0v) is 17.2. The highest BCUT2D eigenvalue weighted by molar-refractivity contribution is 5.89. The summed E-state index contributed by atoms with van der Waals surface area (Å²) >= 11 is 0. The number of esters is 1. The van der Waals surface area contributed by atoms with Crippen molar-refractivity contribution in [1.29, 1.82) is 0 Å². The first kappa shape index (κ1) is 19.2. The van der Waals surface area contributed by atoms with Crippen molar-refractivity contribution in [1.82, 2.24) is 0 Å². The molecular formula is C23H34O4. The number of aliphatic hydroxyl groups excluding tert-OH is 1. The second-order valence-electron chi connectivity index (χ2n) is 10.1. The molecule has 0 aromatic heterocycles. The summed E-state index contributed by atoms with van der Waals surface area (Å²) in [6, 6.07) is 0. The Bertz CT molecular complexity index is 696. The molecule has 27 heavy (non-hydrogen) atoms. The first-order valence-electron chi connectivity index (χ1n) is 10.7. The van der Waals surface area contributed by atoms with Crippen molar-refractivity contribution in [2.75, 3.05) is 0 Å². The summed E-state index contributed by atoms with van der Waals surface area (Å²) < 4.78 is 5.82. The average molecular weight is 375 g/mol. The molecule has 3 fully saturated rings. The zero-order chi connectivity index (χ0) is 19.6. The first-order valence-corrected chi connectivity index (χ1v) is 10.7. The molecule has 0 radical (unpaired) electrons. The fourth-order valence-corrected chi connectivity index (χ4v) is 7.70. The number of hydrogen-bond acceptors (Lipinski definition) is 4. The monoisotopic (exact) mass is 374 g/mol. The van der Waals surface area contributed by atoms with Crippen LogP contribution in [0.1, 0.15) is 79.1 Å². The molecule has 0 aliphatic heterocycles. The highest BCUT2D eigenvalue weighted by atomic mass is 16.6. The van der Waals surface area contributed by atoms with E-state index in [9.17, 15) is 14.7 Å². The van der Waals surface area contributed by atoms with Crippen LogP contribution in [0.5, 0.6) is 0 Å². The average Bonchev–Trinajstić information content (AvgIpc) is 2.89. The molecule has 1 N–H and O–H groups in total. The van der Waals surface area contributed by atoms with Crippen molar-refractivity contribution in [3.8, 4) is 0 Å². The summed E-state index contributed by atoms with van der Waals surface area (Å²) in [5.74, 6) is 1.25. The van der Waals surface area contributed by atoms with E-state index in [1.165, 1.54) is 12.5 Å². The molecule has 0 heterocycles. The van der Waals surface area contributed by atoms with Gasteiger partial charge in [0.15, 0.2) is 11.4 Å². The van der Waals surface area contributed by atoms with Gasteiger partial charge < -0.3 is 9.84 Å². The van der Waals surface area contributed by atoms with Gasteiger partial charge in [-0.05, 0) is 81.5 Å². The standard InChI is InChI=1S/C23H34O4/c1-14(24)23(27-15(2)25)12-9-20-18-6-5-16-13-17(26)7-10-21(16,3)19(18)8-11-22(20,23)4/h5,17-20,26H,6-13H2,1-4H3/t17?,18-,19+,20+,21+,22+,23+/m0/s1. The molecule has 4 aliphatic rings. The predicted octanol–water partition coefficient (Wildman–Crippen LogP) is 4.20. The Hall–Kier alpha value is -1.16. The van der Waals surface area contributed by atoms with Crippen LogP contribution in [0.2, 0.25) is 0 Å². The summed E-state index contributed by atoms with van der Waals surface area (Å²) in [4.78, 5) is 24.6. The van der Waals surface area contributed by atoms with Crippen LogP contribution in [-0.2, 0) is 14.3 Å². The highest BCUT2D eigenvalue weighted by Gasteiger charge is 2.67. The van der Waals surface area contributed by atoms with Gasteiger partial charge in [0.1, 0.15) is 0 Å². The molecule has 0 bridgehead atoms. The van der Waals surface area contributed by atoms with E-state index in [0.29, 0.717) is 24.2 Å². The third-order valence-electron chi connectivity index (χ3n) is 9.08. The molecule has 4 rings (SSSR count). The van der Waals surface area contributed by atoms with E-state index in [2.05, 4.69) is 19.9 Å². The minimum absolute atomic E-state index is 0.0141. The van der Waals surface area contributed by atoms with Gasteiger partial charge in [-0.3, -0.25) is 9.59 Å². The van der Waals surface area contributed by atoms with Crippen LogP contribution in [-0.4, -0.2) is 28.6 Å². The number of Topliss-reactive ketones (excluding diaryl/α,β-unsaturated/α-hetero) is 1. The largest absolute Gasteiger partial charge is 0.451 e. The first-order chi connectivity index (χ1) is 12.6. The number of aliphatic hydroxyl groups is 1. The fourth-order valence-electron chi connectivity index (χ4n) is 7.70.